The minimum atomic E-state index is -0.549. The summed E-state index contributed by atoms with van der Waals surface area (Å²) in [7, 11) is 0. The predicted octanol–water partition coefficient (Wildman–Crippen LogP) is 4.51. The van der Waals surface area contributed by atoms with Gasteiger partial charge in [-0.15, -0.1) is 0 Å². The molecule has 0 radical (unpaired) electrons. The van der Waals surface area contributed by atoms with E-state index in [9.17, 15) is 4.79 Å². The summed E-state index contributed by atoms with van der Waals surface area (Å²) >= 11 is 0. The summed E-state index contributed by atoms with van der Waals surface area (Å²) < 4.78 is 5.44. The predicted molar refractivity (Wildman–Crippen MR) is 110 cm³/mol. The van der Waals surface area contributed by atoms with Crippen molar-refractivity contribution in [1.82, 2.24) is 5.32 Å². The van der Waals surface area contributed by atoms with Crippen molar-refractivity contribution < 1.29 is 14.4 Å². The molecule has 0 aromatic heterocycles. The van der Waals surface area contributed by atoms with Gasteiger partial charge in [-0.3, -0.25) is 0 Å². The fraction of sp³-hybridized carbons (Fsp3) is 0.391. The van der Waals surface area contributed by atoms with Crippen LogP contribution in [0.15, 0.2) is 65.8 Å². The monoisotopic (exact) mass is 380 g/mol. The summed E-state index contributed by atoms with van der Waals surface area (Å²) in [6.45, 7) is 5.56. The van der Waals surface area contributed by atoms with E-state index >= 15 is 0 Å². The molecule has 5 nitrogen and oxygen atoms in total. The van der Waals surface area contributed by atoms with Gasteiger partial charge in [-0.1, -0.05) is 65.8 Å². The summed E-state index contributed by atoms with van der Waals surface area (Å²) in [4.78, 5) is 18.1. The second-order valence-corrected chi connectivity index (χ2v) is 8.11. The number of amides is 1. The highest BCUT2D eigenvalue weighted by atomic mass is 16.6. The van der Waals surface area contributed by atoms with Crippen LogP contribution in [-0.4, -0.2) is 29.6 Å². The lowest BCUT2D eigenvalue weighted by Crippen LogP contribution is -2.46. The van der Waals surface area contributed by atoms with Crippen LogP contribution >= 0.6 is 0 Å². The smallest absolute Gasteiger partial charge is 0.408 e. The number of oxime groups is 1. The molecule has 1 aliphatic rings. The third-order valence-corrected chi connectivity index (χ3v) is 4.45. The Morgan fingerprint density at radius 3 is 2.32 bits per heavy atom. The summed E-state index contributed by atoms with van der Waals surface area (Å²) in [6.07, 6.45) is 1.43. The normalized spacial score (nSPS) is 17.4. The SMILES string of the molecule is CC(C)(C)OC(=O)NC(Cc1ccccc1)C1CC(Cc2ccccc2)=NO1. The zero-order valence-electron chi connectivity index (χ0n) is 16.7. The Hall–Kier alpha value is -2.82. The maximum absolute atomic E-state index is 12.4. The second-order valence-electron chi connectivity index (χ2n) is 8.11. The molecular weight excluding hydrogens is 352 g/mol. The number of rotatable bonds is 6. The van der Waals surface area contributed by atoms with Crippen molar-refractivity contribution in [3.8, 4) is 0 Å². The van der Waals surface area contributed by atoms with Crippen molar-refractivity contribution >= 4 is 11.8 Å². The van der Waals surface area contributed by atoms with Gasteiger partial charge in [-0.05, 0) is 38.3 Å². The van der Waals surface area contributed by atoms with Crippen molar-refractivity contribution in [3.63, 3.8) is 0 Å². The van der Waals surface area contributed by atoms with Crippen LogP contribution in [0.25, 0.3) is 0 Å². The van der Waals surface area contributed by atoms with Crippen molar-refractivity contribution in [2.75, 3.05) is 0 Å². The van der Waals surface area contributed by atoms with E-state index in [0.29, 0.717) is 12.8 Å². The van der Waals surface area contributed by atoms with Gasteiger partial charge < -0.3 is 14.9 Å². The van der Waals surface area contributed by atoms with Crippen LogP contribution in [0.4, 0.5) is 4.79 Å². The largest absolute Gasteiger partial charge is 0.444 e. The van der Waals surface area contributed by atoms with Gasteiger partial charge in [0.05, 0.1) is 11.8 Å². The van der Waals surface area contributed by atoms with Crippen LogP contribution in [0.5, 0.6) is 0 Å². The topological polar surface area (TPSA) is 59.9 Å². The number of alkyl carbamates (subject to hydrolysis) is 1. The Morgan fingerprint density at radius 2 is 1.71 bits per heavy atom. The Bertz CT molecular complexity index is 798. The molecule has 0 saturated carbocycles. The summed E-state index contributed by atoms with van der Waals surface area (Å²) in [5.41, 5.74) is 2.77. The molecule has 2 atom stereocenters. The lowest BCUT2D eigenvalue weighted by Gasteiger charge is -2.26. The first-order valence-electron chi connectivity index (χ1n) is 9.68. The molecule has 3 rings (SSSR count). The van der Waals surface area contributed by atoms with Crippen LogP contribution in [0.1, 0.15) is 38.3 Å². The number of carbonyl (C=O) groups is 1. The van der Waals surface area contributed by atoms with Gasteiger partial charge in [-0.25, -0.2) is 4.79 Å². The van der Waals surface area contributed by atoms with Gasteiger partial charge in [-0.2, -0.15) is 0 Å². The maximum Gasteiger partial charge on any atom is 0.408 e. The molecule has 2 unspecified atom stereocenters. The number of hydrogen-bond donors (Lipinski definition) is 1. The van der Waals surface area contributed by atoms with Crippen LogP contribution in [0.2, 0.25) is 0 Å². The number of benzene rings is 2. The highest BCUT2D eigenvalue weighted by Crippen LogP contribution is 2.20. The average Bonchev–Trinajstić information content (AvgIpc) is 3.10. The van der Waals surface area contributed by atoms with E-state index in [-0.39, 0.29) is 12.1 Å². The van der Waals surface area contributed by atoms with Crippen molar-refractivity contribution in [2.24, 2.45) is 5.16 Å². The minimum absolute atomic E-state index is 0.216. The number of nitrogens with one attached hydrogen (secondary N) is 1. The average molecular weight is 380 g/mol. The quantitative estimate of drug-likeness (QED) is 0.802. The van der Waals surface area contributed by atoms with Gasteiger partial charge in [0, 0.05) is 12.8 Å². The van der Waals surface area contributed by atoms with E-state index in [2.05, 4.69) is 22.6 Å². The van der Waals surface area contributed by atoms with Gasteiger partial charge in [0.15, 0.2) is 6.10 Å². The number of hydrogen-bond acceptors (Lipinski definition) is 4. The lowest BCUT2D eigenvalue weighted by atomic mass is 9.96. The Kier molecular flexibility index (Phi) is 6.34. The molecule has 0 bridgehead atoms. The molecule has 0 spiro atoms. The van der Waals surface area contributed by atoms with Crippen molar-refractivity contribution in [1.29, 1.82) is 0 Å². The van der Waals surface area contributed by atoms with E-state index in [4.69, 9.17) is 9.57 Å². The second kappa shape index (κ2) is 8.91. The zero-order valence-corrected chi connectivity index (χ0v) is 16.7. The molecule has 1 heterocycles. The van der Waals surface area contributed by atoms with E-state index in [1.165, 1.54) is 5.56 Å². The molecule has 0 saturated heterocycles. The zero-order chi connectivity index (χ0) is 20.0. The minimum Gasteiger partial charge on any atom is -0.444 e. The summed E-state index contributed by atoms with van der Waals surface area (Å²) in [5.74, 6) is 0. The van der Waals surface area contributed by atoms with E-state index < -0.39 is 11.7 Å². The van der Waals surface area contributed by atoms with E-state index in [1.807, 2.05) is 69.3 Å². The maximum atomic E-state index is 12.4. The summed E-state index contributed by atoms with van der Waals surface area (Å²) in [5, 5.41) is 7.27. The standard InChI is InChI=1S/C23H28N2O3/c1-23(2,3)27-22(26)24-20(15-18-12-8-5-9-13-18)21-16-19(25-28-21)14-17-10-6-4-7-11-17/h4-13,20-21H,14-16H2,1-3H3,(H,24,26). The van der Waals surface area contributed by atoms with Crippen LogP contribution in [0.3, 0.4) is 0 Å². The van der Waals surface area contributed by atoms with E-state index in [0.717, 1.165) is 17.7 Å². The molecule has 1 amide bonds. The number of ether oxygens (including phenoxy) is 1. The van der Waals surface area contributed by atoms with Crippen LogP contribution < -0.4 is 5.32 Å². The lowest BCUT2D eigenvalue weighted by molar-refractivity contribution is 0.0295. The molecule has 0 aliphatic carbocycles. The molecule has 28 heavy (non-hydrogen) atoms. The summed E-state index contributed by atoms with van der Waals surface area (Å²) in [6, 6.07) is 20.0. The highest BCUT2D eigenvalue weighted by Gasteiger charge is 2.32. The molecular formula is C23H28N2O3. The van der Waals surface area contributed by atoms with Gasteiger partial charge in [0.25, 0.3) is 0 Å². The first-order valence-corrected chi connectivity index (χ1v) is 9.68. The van der Waals surface area contributed by atoms with Crippen LogP contribution in [0, 0.1) is 0 Å². The van der Waals surface area contributed by atoms with E-state index in [1.54, 1.807) is 0 Å². The third-order valence-electron chi connectivity index (χ3n) is 4.45. The molecule has 2 aromatic rings. The number of carbonyl (C=O) groups excluding carboxylic acids is 1. The van der Waals surface area contributed by atoms with Crippen molar-refractivity contribution in [3.05, 3.63) is 71.8 Å². The Labute approximate surface area is 166 Å². The fourth-order valence-corrected chi connectivity index (χ4v) is 3.20. The first kappa shape index (κ1) is 19.9. The van der Waals surface area contributed by atoms with Gasteiger partial charge >= 0.3 is 6.09 Å². The van der Waals surface area contributed by atoms with Crippen LogP contribution in [-0.2, 0) is 22.4 Å². The first-order chi connectivity index (χ1) is 13.4. The molecule has 2 aromatic carbocycles. The van der Waals surface area contributed by atoms with Gasteiger partial charge in [0.2, 0.25) is 0 Å². The third kappa shape index (κ3) is 6.12. The Balaban J connectivity index is 1.66. The Morgan fingerprint density at radius 1 is 1.11 bits per heavy atom. The molecule has 1 aliphatic heterocycles. The molecule has 148 valence electrons. The highest BCUT2D eigenvalue weighted by molar-refractivity contribution is 5.87. The molecule has 0 fully saturated rings. The van der Waals surface area contributed by atoms with Gasteiger partial charge in [0.1, 0.15) is 5.60 Å². The van der Waals surface area contributed by atoms with Crippen molar-refractivity contribution in [2.45, 2.75) is 57.8 Å². The molecule has 5 heteroatoms. The fourth-order valence-electron chi connectivity index (χ4n) is 3.20. The number of nitrogens with zero attached hydrogens (tertiary/aromatic N) is 1. The molecule has 1 N–H and O–H groups in total.